The largest absolute Gasteiger partial charge is 0.299 e. The van der Waals surface area contributed by atoms with Crippen LogP contribution in [0, 0.1) is 17.2 Å². The smallest absolute Gasteiger partial charge is 0.0672 e. The third kappa shape index (κ3) is 3.39. The molecule has 1 aliphatic heterocycles. The summed E-state index contributed by atoms with van der Waals surface area (Å²) in [5.74, 6) is 0.301. The molecule has 0 N–H and O–H groups in total. The van der Waals surface area contributed by atoms with Crippen LogP contribution in [0.4, 0.5) is 0 Å². The normalized spacial score (nSPS) is 36.1. The number of rotatable bonds is 2. The van der Waals surface area contributed by atoms with E-state index in [0.29, 0.717) is 12.0 Å². The summed E-state index contributed by atoms with van der Waals surface area (Å²) in [6.07, 6.45) is 11.2. The van der Waals surface area contributed by atoms with Gasteiger partial charge in [0.1, 0.15) is 0 Å². The van der Waals surface area contributed by atoms with Gasteiger partial charge in [-0.3, -0.25) is 4.90 Å². The minimum atomic E-state index is 0.301. The van der Waals surface area contributed by atoms with Crippen LogP contribution in [0.5, 0.6) is 0 Å². The Kier molecular flexibility index (Phi) is 5.18. The molecule has 1 heterocycles. The molecule has 2 fully saturated rings. The summed E-state index contributed by atoms with van der Waals surface area (Å²) in [6.45, 7) is 2.44. The average Bonchev–Trinajstić information content (AvgIpc) is 2.63. The van der Waals surface area contributed by atoms with Gasteiger partial charge in [-0.2, -0.15) is 17.0 Å². The van der Waals surface area contributed by atoms with Crippen molar-refractivity contribution in [1.29, 1.82) is 5.26 Å². The van der Waals surface area contributed by atoms with Gasteiger partial charge in [0.25, 0.3) is 0 Å². The maximum absolute atomic E-state index is 9.28. The van der Waals surface area contributed by atoms with Crippen LogP contribution >= 0.6 is 11.8 Å². The van der Waals surface area contributed by atoms with E-state index in [1.165, 1.54) is 51.6 Å². The van der Waals surface area contributed by atoms with Gasteiger partial charge in [-0.25, -0.2) is 0 Å². The van der Waals surface area contributed by atoms with Gasteiger partial charge in [0, 0.05) is 11.3 Å². The Balaban J connectivity index is 1.94. The Hall–Kier alpha value is -0.200. The number of thioether (sulfide) groups is 1. The summed E-state index contributed by atoms with van der Waals surface area (Å²) in [6, 6.07) is 3.11. The number of nitriles is 1. The van der Waals surface area contributed by atoms with Gasteiger partial charge < -0.3 is 0 Å². The van der Waals surface area contributed by atoms with Gasteiger partial charge in [-0.15, -0.1) is 0 Å². The molecule has 2 aliphatic rings. The molecule has 3 heteroatoms. The van der Waals surface area contributed by atoms with Gasteiger partial charge in [0.05, 0.1) is 12.0 Å². The van der Waals surface area contributed by atoms with Crippen LogP contribution < -0.4 is 0 Å². The molecule has 1 saturated carbocycles. The molecule has 0 aromatic carbocycles. The van der Waals surface area contributed by atoms with Crippen molar-refractivity contribution in [2.45, 2.75) is 56.2 Å². The van der Waals surface area contributed by atoms with E-state index < -0.39 is 0 Å². The Morgan fingerprint density at radius 2 is 1.88 bits per heavy atom. The lowest BCUT2D eigenvalue weighted by atomic mass is 9.84. The molecule has 0 aromatic rings. The molecule has 1 aliphatic carbocycles. The predicted octanol–water partition coefficient (Wildman–Crippen LogP) is 3.29. The fourth-order valence-corrected chi connectivity index (χ4v) is 4.10. The highest BCUT2D eigenvalue weighted by atomic mass is 32.2. The molecule has 0 radical (unpaired) electrons. The van der Waals surface area contributed by atoms with Crippen LogP contribution in [-0.2, 0) is 0 Å². The van der Waals surface area contributed by atoms with E-state index in [1.807, 2.05) is 11.8 Å². The molecule has 1 saturated heterocycles. The summed E-state index contributed by atoms with van der Waals surface area (Å²) in [5.41, 5.74) is 0. The maximum Gasteiger partial charge on any atom is 0.0672 e. The standard InChI is InChI=1S/C14H24N2S/c1-17-13-6-4-9-16(10-8-13)14-7-3-2-5-12(14)11-15/h12-14H,2-10H2,1H3. The zero-order chi connectivity index (χ0) is 12.1. The van der Waals surface area contributed by atoms with E-state index >= 15 is 0 Å². The zero-order valence-corrected chi connectivity index (χ0v) is 11.7. The van der Waals surface area contributed by atoms with Crippen molar-refractivity contribution in [3.63, 3.8) is 0 Å². The molecule has 3 atom stereocenters. The number of hydrogen-bond donors (Lipinski definition) is 0. The van der Waals surface area contributed by atoms with Crippen molar-refractivity contribution in [1.82, 2.24) is 4.90 Å². The van der Waals surface area contributed by atoms with Crippen LogP contribution in [0.2, 0.25) is 0 Å². The van der Waals surface area contributed by atoms with E-state index in [9.17, 15) is 5.26 Å². The molecular weight excluding hydrogens is 228 g/mol. The predicted molar refractivity (Wildman–Crippen MR) is 74.1 cm³/mol. The first kappa shape index (κ1) is 13.2. The van der Waals surface area contributed by atoms with E-state index in [2.05, 4.69) is 17.2 Å². The van der Waals surface area contributed by atoms with Crippen molar-refractivity contribution in [3.8, 4) is 6.07 Å². The van der Waals surface area contributed by atoms with E-state index in [-0.39, 0.29) is 0 Å². The van der Waals surface area contributed by atoms with E-state index in [1.54, 1.807) is 0 Å². The topological polar surface area (TPSA) is 27.0 Å². The molecule has 0 amide bonds. The lowest BCUT2D eigenvalue weighted by Gasteiger charge is -2.36. The van der Waals surface area contributed by atoms with E-state index in [0.717, 1.165) is 11.7 Å². The number of likely N-dealkylation sites (tertiary alicyclic amines) is 1. The van der Waals surface area contributed by atoms with Gasteiger partial charge in [-0.1, -0.05) is 12.8 Å². The van der Waals surface area contributed by atoms with Gasteiger partial charge >= 0.3 is 0 Å². The monoisotopic (exact) mass is 252 g/mol. The fourth-order valence-electron chi connectivity index (χ4n) is 3.35. The van der Waals surface area contributed by atoms with Crippen molar-refractivity contribution >= 4 is 11.8 Å². The molecule has 0 aromatic heterocycles. The summed E-state index contributed by atoms with van der Waals surface area (Å²) in [7, 11) is 0. The first-order chi connectivity index (χ1) is 8.35. The maximum atomic E-state index is 9.28. The lowest BCUT2D eigenvalue weighted by molar-refractivity contribution is 0.131. The first-order valence-electron chi connectivity index (χ1n) is 7.01. The van der Waals surface area contributed by atoms with Crippen LogP contribution in [0.1, 0.15) is 44.9 Å². The Bertz CT molecular complexity index is 274. The third-order valence-electron chi connectivity index (χ3n) is 4.41. The summed E-state index contributed by atoms with van der Waals surface area (Å²) in [4.78, 5) is 2.63. The highest BCUT2D eigenvalue weighted by molar-refractivity contribution is 7.99. The molecule has 0 spiro atoms. The molecule has 96 valence electrons. The zero-order valence-electron chi connectivity index (χ0n) is 10.9. The summed E-state index contributed by atoms with van der Waals surface area (Å²) in [5, 5.41) is 10.1. The second kappa shape index (κ2) is 6.66. The van der Waals surface area contributed by atoms with E-state index in [4.69, 9.17) is 0 Å². The molecule has 17 heavy (non-hydrogen) atoms. The first-order valence-corrected chi connectivity index (χ1v) is 8.30. The van der Waals surface area contributed by atoms with Crippen LogP contribution in [0.3, 0.4) is 0 Å². The third-order valence-corrected chi connectivity index (χ3v) is 5.55. The average molecular weight is 252 g/mol. The second-order valence-electron chi connectivity index (χ2n) is 5.41. The van der Waals surface area contributed by atoms with Crippen molar-refractivity contribution < 1.29 is 0 Å². The molecule has 3 unspecified atom stereocenters. The van der Waals surface area contributed by atoms with Crippen molar-refractivity contribution in [3.05, 3.63) is 0 Å². The van der Waals surface area contributed by atoms with Gasteiger partial charge in [0.2, 0.25) is 0 Å². The molecule has 0 bridgehead atoms. The second-order valence-corrected chi connectivity index (χ2v) is 6.55. The van der Waals surface area contributed by atoms with Crippen LogP contribution in [-0.4, -0.2) is 35.5 Å². The van der Waals surface area contributed by atoms with Crippen LogP contribution in [0.25, 0.3) is 0 Å². The minimum absolute atomic E-state index is 0.301. The minimum Gasteiger partial charge on any atom is -0.299 e. The van der Waals surface area contributed by atoms with Gasteiger partial charge in [0.15, 0.2) is 0 Å². The quantitative estimate of drug-likeness (QED) is 0.754. The van der Waals surface area contributed by atoms with Gasteiger partial charge in [-0.05, 0) is 51.4 Å². The Morgan fingerprint density at radius 3 is 2.65 bits per heavy atom. The number of nitrogens with zero attached hydrogens (tertiary/aromatic N) is 2. The molecule has 2 nitrogen and oxygen atoms in total. The van der Waals surface area contributed by atoms with Crippen LogP contribution in [0.15, 0.2) is 0 Å². The summed E-state index contributed by atoms with van der Waals surface area (Å²) >= 11 is 2.02. The van der Waals surface area contributed by atoms with Crippen molar-refractivity contribution in [2.24, 2.45) is 5.92 Å². The highest BCUT2D eigenvalue weighted by Gasteiger charge is 2.31. The SMILES string of the molecule is CSC1CCCN(C2CCCCC2C#N)CC1. The molecular formula is C14H24N2S. The fraction of sp³-hybridized carbons (Fsp3) is 0.929. The summed E-state index contributed by atoms with van der Waals surface area (Å²) < 4.78 is 0. The Labute approximate surface area is 110 Å². The van der Waals surface area contributed by atoms with Crippen molar-refractivity contribution in [2.75, 3.05) is 19.3 Å². The highest BCUT2D eigenvalue weighted by Crippen LogP contribution is 2.31. The Morgan fingerprint density at radius 1 is 1.06 bits per heavy atom. The molecule has 2 rings (SSSR count). The lowest BCUT2D eigenvalue weighted by Crippen LogP contribution is -2.42. The number of hydrogen-bond acceptors (Lipinski definition) is 3.